The predicted octanol–water partition coefficient (Wildman–Crippen LogP) is 3.35. The van der Waals surface area contributed by atoms with Crippen LogP contribution in [0.1, 0.15) is 9.67 Å². The van der Waals surface area contributed by atoms with Crippen molar-refractivity contribution in [3.63, 3.8) is 0 Å². The van der Waals surface area contributed by atoms with E-state index in [0.29, 0.717) is 36.4 Å². The topological polar surface area (TPSA) is 94.9 Å². The van der Waals surface area contributed by atoms with Crippen molar-refractivity contribution >= 4 is 56.6 Å². The molecule has 0 aliphatic carbocycles. The number of fused-ring (bicyclic) bond motifs is 1. The Morgan fingerprint density at radius 2 is 1.76 bits per heavy atom. The number of rotatable bonds is 2. The number of anilines is 1. The molecule has 1 amide bonds. The molecule has 0 saturated carbocycles. The lowest BCUT2D eigenvalue weighted by atomic mass is 10.1. The van der Waals surface area contributed by atoms with Crippen LogP contribution in [0.2, 0.25) is 10.0 Å². The number of halogens is 2. The van der Waals surface area contributed by atoms with Gasteiger partial charge in [-0.2, -0.15) is 0 Å². The molecule has 2 aromatic heterocycles. The van der Waals surface area contributed by atoms with Crippen molar-refractivity contribution in [2.24, 2.45) is 5.73 Å². The minimum atomic E-state index is -0.522. The van der Waals surface area contributed by atoms with Crippen molar-refractivity contribution in [3.8, 4) is 11.3 Å². The maximum atomic E-state index is 11.3. The third-order valence-corrected chi connectivity index (χ3v) is 4.27. The van der Waals surface area contributed by atoms with Crippen molar-refractivity contribution in [1.29, 1.82) is 0 Å². The third-order valence-electron chi connectivity index (χ3n) is 2.79. The summed E-state index contributed by atoms with van der Waals surface area (Å²) in [7, 11) is 0. The number of nitrogen functional groups attached to an aromatic ring is 1. The molecular weight excluding hydrogens is 331 g/mol. The normalized spacial score (nSPS) is 11.0. The Bertz CT molecular complexity index is 858. The van der Waals surface area contributed by atoms with E-state index in [-0.39, 0.29) is 5.95 Å². The highest BCUT2D eigenvalue weighted by Crippen LogP contribution is 2.34. The van der Waals surface area contributed by atoms with Crippen LogP contribution >= 0.6 is 34.5 Å². The molecule has 0 aliphatic heterocycles. The molecule has 8 heteroatoms. The summed E-state index contributed by atoms with van der Waals surface area (Å²) >= 11 is 13.2. The van der Waals surface area contributed by atoms with Gasteiger partial charge >= 0.3 is 0 Å². The lowest BCUT2D eigenvalue weighted by Crippen LogP contribution is -2.08. The first-order valence-electron chi connectivity index (χ1n) is 5.77. The van der Waals surface area contributed by atoms with Crippen LogP contribution in [0.5, 0.6) is 0 Å². The van der Waals surface area contributed by atoms with Crippen LogP contribution in [0.3, 0.4) is 0 Å². The Morgan fingerprint density at radius 3 is 2.38 bits per heavy atom. The molecule has 0 saturated heterocycles. The van der Waals surface area contributed by atoms with E-state index in [4.69, 9.17) is 34.7 Å². The molecule has 5 nitrogen and oxygen atoms in total. The number of hydrogen-bond donors (Lipinski definition) is 2. The van der Waals surface area contributed by atoms with E-state index in [1.807, 2.05) is 0 Å². The van der Waals surface area contributed by atoms with Crippen LogP contribution in [-0.2, 0) is 0 Å². The fraction of sp³-hybridized carbons (Fsp3) is 0. The monoisotopic (exact) mass is 338 g/mol. The zero-order valence-corrected chi connectivity index (χ0v) is 12.8. The molecule has 21 heavy (non-hydrogen) atoms. The summed E-state index contributed by atoms with van der Waals surface area (Å²) in [5.41, 5.74) is 12.3. The predicted molar refractivity (Wildman–Crippen MR) is 85.8 cm³/mol. The number of carbonyl (C=O) groups is 1. The average Bonchev–Trinajstić information content (AvgIpc) is 2.80. The first-order chi connectivity index (χ1) is 9.94. The Balaban J connectivity index is 2.32. The van der Waals surface area contributed by atoms with E-state index in [1.54, 1.807) is 24.3 Å². The molecule has 2 heterocycles. The molecular formula is C13H8Cl2N4OS. The molecule has 4 N–H and O–H groups in total. The Labute approximate surface area is 133 Å². The van der Waals surface area contributed by atoms with Crippen LogP contribution < -0.4 is 11.5 Å². The molecule has 3 rings (SSSR count). The van der Waals surface area contributed by atoms with Gasteiger partial charge in [0.05, 0.1) is 10.6 Å². The first-order valence-corrected chi connectivity index (χ1v) is 7.34. The Kier molecular flexibility index (Phi) is 3.44. The van der Waals surface area contributed by atoms with E-state index in [2.05, 4.69) is 9.97 Å². The van der Waals surface area contributed by atoms with Gasteiger partial charge in [-0.3, -0.25) is 4.79 Å². The second-order valence-electron chi connectivity index (χ2n) is 4.28. The molecule has 0 spiro atoms. The van der Waals surface area contributed by atoms with Crippen LogP contribution in [0.4, 0.5) is 5.95 Å². The van der Waals surface area contributed by atoms with E-state index < -0.39 is 5.91 Å². The smallest absolute Gasteiger partial charge is 0.258 e. The summed E-state index contributed by atoms with van der Waals surface area (Å²) in [4.78, 5) is 20.6. The fourth-order valence-electron chi connectivity index (χ4n) is 1.97. The Morgan fingerprint density at radius 1 is 1.10 bits per heavy atom. The number of carbonyl (C=O) groups excluding carboxylic acids is 1. The first kappa shape index (κ1) is 14.1. The van der Waals surface area contributed by atoms with E-state index in [1.165, 1.54) is 11.3 Å². The molecule has 0 atom stereocenters. The van der Waals surface area contributed by atoms with E-state index >= 15 is 0 Å². The van der Waals surface area contributed by atoms with Gasteiger partial charge in [0.2, 0.25) is 5.95 Å². The number of thiophene rings is 1. The van der Waals surface area contributed by atoms with Crippen LogP contribution in [0.15, 0.2) is 24.3 Å². The SMILES string of the molecule is NC(=O)c1cc2c(-c3cc(Cl)cc(Cl)c3)nc(N)nc2s1. The van der Waals surface area contributed by atoms with Gasteiger partial charge in [-0.25, -0.2) is 9.97 Å². The number of primary amides is 1. The van der Waals surface area contributed by atoms with Gasteiger partial charge in [0.25, 0.3) is 5.91 Å². The summed E-state index contributed by atoms with van der Waals surface area (Å²) in [6.07, 6.45) is 0. The number of nitrogens with two attached hydrogens (primary N) is 2. The Hall–Kier alpha value is -1.89. The largest absolute Gasteiger partial charge is 0.368 e. The number of nitrogens with zero attached hydrogens (tertiary/aromatic N) is 2. The van der Waals surface area contributed by atoms with Gasteiger partial charge in [-0.05, 0) is 24.3 Å². The molecule has 0 aliphatic rings. The lowest BCUT2D eigenvalue weighted by Gasteiger charge is -2.05. The molecule has 0 bridgehead atoms. The fourth-order valence-corrected chi connectivity index (χ4v) is 3.39. The van der Waals surface area contributed by atoms with Gasteiger partial charge < -0.3 is 11.5 Å². The highest BCUT2D eigenvalue weighted by molar-refractivity contribution is 7.20. The molecule has 0 fully saturated rings. The number of hydrogen-bond acceptors (Lipinski definition) is 5. The molecule has 0 unspecified atom stereocenters. The lowest BCUT2D eigenvalue weighted by molar-refractivity contribution is 0.100. The average molecular weight is 339 g/mol. The van der Waals surface area contributed by atoms with E-state index in [0.717, 1.165) is 0 Å². The summed E-state index contributed by atoms with van der Waals surface area (Å²) in [6.45, 7) is 0. The zero-order chi connectivity index (χ0) is 15.1. The maximum Gasteiger partial charge on any atom is 0.258 e. The van der Waals surface area contributed by atoms with Gasteiger partial charge in [0.15, 0.2) is 0 Å². The number of aromatic nitrogens is 2. The van der Waals surface area contributed by atoms with Crippen molar-refractivity contribution in [1.82, 2.24) is 9.97 Å². The molecule has 3 aromatic rings. The second-order valence-corrected chi connectivity index (χ2v) is 6.19. The molecule has 106 valence electrons. The van der Waals surface area contributed by atoms with Gasteiger partial charge in [-0.1, -0.05) is 23.2 Å². The summed E-state index contributed by atoms with van der Waals surface area (Å²) < 4.78 is 0. The highest BCUT2D eigenvalue weighted by Gasteiger charge is 2.15. The maximum absolute atomic E-state index is 11.3. The van der Waals surface area contributed by atoms with Crippen molar-refractivity contribution in [2.45, 2.75) is 0 Å². The quantitative estimate of drug-likeness (QED) is 0.748. The van der Waals surface area contributed by atoms with E-state index in [9.17, 15) is 4.79 Å². The number of benzene rings is 1. The van der Waals surface area contributed by atoms with Gasteiger partial charge in [-0.15, -0.1) is 11.3 Å². The van der Waals surface area contributed by atoms with Crippen LogP contribution in [0.25, 0.3) is 21.5 Å². The molecule has 1 aromatic carbocycles. The minimum Gasteiger partial charge on any atom is -0.368 e. The standard InChI is InChI=1S/C13H8Cl2N4OS/c14-6-1-5(2-7(15)3-6)10-8-4-9(11(16)20)21-12(8)19-13(17)18-10/h1-4H,(H2,16,20)(H2,17,18,19). The van der Waals surface area contributed by atoms with Crippen molar-refractivity contribution in [3.05, 3.63) is 39.2 Å². The van der Waals surface area contributed by atoms with Gasteiger partial charge in [0.1, 0.15) is 4.83 Å². The summed E-state index contributed by atoms with van der Waals surface area (Å²) in [5, 5.41) is 1.64. The number of amides is 1. The highest BCUT2D eigenvalue weighted by atomic mass is 35.5. The van der Waals surface area contributed by atoms with Gasteiger partial charge in [0, 0.05) is 21.0 Å². The van der Waals surface area contributed by atoms with Crippen LogP contribution in [0, 0.1) is 0 Å². The van der Waals surface area contributed by atoms with Crippen molar-refractivity contribution in [2.75, 3.05) is 5.73 Å². The second kappa shape index (κ2) is 5.14. The zero-order valence-electron chi connectivity index (χ0n) is 10.4. The minimum absolute atomic E-state index is 0.103. The molecule has 0 radical (unpaired) electrons. The summed E-state index contributed by atoms with van der Waals surface area (Å²) in [5.74, 6) is -0.418. The van der Waals surface area contributed by atoms with Crippen molar-refractivity contribution < 1.29 is 4.79 Å². The summed E-state index contributed by atoms with van der Waals surface area (Å²) in [6, 6.07) is 6.70. The van der Waals surface area contributed by atoms with Crippen LogP contribution in [-0.4, -0.2) is 15.9 Å². The third kappa shape index (κ3) is 2.65.